The van der Waals surface area contributed by atoms with Crippen LogP contribution in [-0.2, 0) is 4.57 Å². The van der Waals surface area contributed by atoms with Crippen LogP contribution in [0.25, 0.3) is 134 Å². The first-order valence-corrected chi connectivity index (χ1v) is 31.2. The van der Waals surface area contributed by atoms with Crippen molar-refractivity contribution in [1.82, 2.24) is 0 Å². The topological polar surface area (TPSA) is 17.1 Å². The number of hydrogen-bond donors (Lipinski definition) is 0. The zero-order valence-electron chi connectivity index (χ0n) is 47.3. The Morgan fingerprint density at radius 3 is 0.581 bits per heavy atom. The average Bonchev–Trinajstić information content (AvgIpc) is 1.99. The van der Waals surface area contributed by atoms with Crippen LogP contribution in [0.3, 0.4) is 0 Å². The van der Waals surface area contributed by atoms with Gasteiger partial charge in [-0.25, -0.2) is 0 Å². The molecular weight excluding hydrogens is 1060 g/mol. The van der Waals surface area contributed by atoms with Gasteiger partial charge in [0.15, 0.2) is 7.14 Å². The van der Waals surface area contributed by atoms with Crippen molar-refractivity contribution in [3.63, 3.8) is 0 Å². The predicted octanol–water partition coefficient (Wildman–Crippen LogP) is 21.8. The van der Waals surface area contributed by atoms with Crippen LogP contribution in [0.15, 0.2) is 309 Å². The first kappa shape index (κ1) is 52.1. The summed E-state index contributed by atoms with van der Waals surface area (Å²) in [5, 5.41) is 16.8. The van der Waals surface area contributed by atoms with Gasteiger partial charge in [-0.3, -0.25) is 0 Å². The normalized spacial score (nSPS) is 12.7. The lowest BCUT2D eigenvalue weighted by atomic mass is 9.88. The first-order chi connectivity index (χ1) is 42.6. The van der Waals surface area contributed by atoms with Crippen molar-refractivity contribution in [3.8, 4) is 33.4 Å². The highest BCUT2D eigenvalue weighted by Crippen LogP contribution is 2.46. The molecule has 2 heteroatoms. The molecule has 0 aromatic heterocycles. The lowest BCUT2D eigenvalue weighted by molar-refractivity contribution is 0.592. The molecule has 0 fully saturated rings. The highest BCUT2D eigenvalue weighted by Gasteiger charge is 2.30. The quantitative estimate of drug-likeness (QED) is 0.0677. The average molecular weight is 1110 g/mol. The molecule has 0 aliphatic heterocycles. The standard InChI is InChI=1S/C84H57OP/c85-86(64-49-40-58(41-50-64)46-55-73-67-28-10-16-34-76(67)82(61-22-4-1-5-23-61)77-35-17-11-29-68(73)77,65-51-42-59(43-52-65)47-56-74-69-30-12-18-36-78(69)83(62-24-6-2-7-25-62)79-37-19-13-31-70(74)79)66-53-44-60(45-54-66)48-57-75-71-32-14-20-38-80(71)84(63-26-8-3-9-27-63)81-39-21-15-33-72(75)81/h1-57H. The van der Waals surface area contributed by atoms with E-state index in [1.54, 1.807) is 0 Å². The van der Waals surface area contributed by atoms with E-state index in [2.05, 4.69) is 346 Å². The molecule has 0 aliphatic rings. The maximum atomic E-state index is 16.6. The molecule has 0 heterocycles. The zero-order chi connectivity index (χ0) is 57.4. The number of benzene rings is 15. The monoisotopic (exact) mass is 1110 g/mol. The summed E-state index contributed by atoms with van der Waals surface area (Å²) in [6, 6.07) is 110. The fourth-order valence-corrected chi connectivity index (χ4v) is 15.7. The molecule has 0 aliphatic carbocycles. The Morgan fingerprint density at radius 1 is 0.186 bits per heavy atom. The van der Waals surface area contributed by atoms with E-state index in [1.165, 1.54) is 115 Å². The summed E-state index contributed by atoms with van der Waals surface area (Å²) in [6.07, 6.45) is 13.3. The van der Waals surface area contributed by atoms with Crippen molar-refractivity contribution in [2.45, 2.75) is 0 Å². The maximum absolute atomic E-state index is 16.6. The van der Waals surface area contributed by atoms with Crippen LogP contribution in [0.4, 0.5) is 0 Å². The SMILES string of the molecule is O=P(c1ccc(C=Cc2c3ccccc3c(-c3ccccc3)c3ccccc23)cc1)(c1ccc(C=Cc2c3ccccc3c(-c3ccccc3)c3ccccc23)cc1)c1ccc(C=Cc2c3ccccc3c(-c3ccccc3)c3ccccc23)cc1. The van der Waals surface area contributed by atoms with E-state index in [4.69, 9.17) is 0 Å². The summed E-state index contributed by atoms with van der Waals surface area (Å²) >= 11 is 0. The molecule has 0 atom stereocenters. The van der Waals surface area contributed by atoms with Gasteiger partial charge >= 0.3 is 0 Å². The Bertz CT molecular complexity index is 4500. The minimum absolute atomic E-state index is 0.775. The second-order valence-corrected chi connectivity index (χ2v) is 24.9. The summed E-state index contributed by atoms with van der Waals surface area (Å²) in [5.74, 6) is 0. The molecule has 404 valence electrons. The fourth-order valence-electron chi connectivity index (χ4n) is 13.1. The third-order valence-electron chi connectivity index (χ3n) is 17.2. The number of rotatable bonds is 12. The van der Waals surface area contributed by atoms with Crippen molar-refractivity contribution in [2.75, 3.05) is 0 Å². The smallest absolute Gasteiger partial charge is 0.171 e. The zero-order valence-corrected chi connectivity index (χ0v) is 48.2. The molecule has 0 unspecified atom stereocenters. The molecule has 0 amide bonds. The lowest BCUT2D eigenvalue weighted by Gasteiger charge is -2.21. The van der Waals surface area contributed by atoms with E-state index >= 15 is 4.57 Å². The molecule has 0 saturated carbocycles. The molecule has 0 saturated heterocycles. The lowest BCUT2D eigenvalue weighted by Crippen LogP contribution is -2.25. The van der Waals surface area contributed by atoms with Gasteiger partial charge in [0.1, 0.15) is 0 Å². The van der Waals surface area contributed by atoms with Crippen LogP contribution in [0.2, 0.25) is 0 Å². The van der Waals surface area contributed by atoms with Crippen LogP contribution in [-0.4, -0.2) is 0 Å². The second-order valence-electron chi connectivity index (χ2n) is 22.1. The third-order valence-corrected chi connectivity index (χ3v) is 20.3. The Kier molecular flexibility index (Phi) is 13.6. The van der Waals surface area contributed by atoms with E-state index in [9.17, 15) is 0 Å². The highest BCUT2D eigenvalue weighted by molar-refractivity contribution is 7.85. The van der Waals surface area contributed by atoms with Crippen LogP contribution < -0.4 is 15.9 Å². The van der Waals surface area contributed by atoms with Gasteiger partial charge in [0.2, 0.25) is 0 Å². The second kappa shape index (κ2) is 22.5. The van der Waals surface area contributed by atoms with Crippen LogP contribution >= 0.6 is 7.14 Å². The number of hydrogen-bond acceptors (Lipinski definition) is 1. The van der Waals surface area contributed by atoms with Crippen molar-refractivity contribution < 1.29 is 4.57 Å². The minimum Gasteiger partial charge on any atom is -0.309 e. The Balaban J connectivity index is 0.806. The largest absolute Gasteiger partial charge is 0.309 e. The summed E-state index contributed by atoms with van der Waals surface area (Å²) in [4.78, 5) is 0. The Hall–Kier alpha value is -10.7. The van der Waals surface area contributed by atoms with Crippen molar-refractivity contribution in [1.29, 1.82) is 0 Å². The summed E-state index contributed by atoms with van der Waals surface area (Å²) < 4.78 is 16.6. The van der Waals surface area contributed by atoms with E-state index in [0.29, 0.717) is 0 Å². The third kappa shape index (κ3) is 9.37. The van der Waals surface area contributed by atoms with E-state index < -0.39 is 7.14 Å². The van der Waals surface area contributed by atoms with Crippen LogP contribution in [0, 0.1) is 0 Å². The van der Waals surface area contributed by atoms with Gasteiger partial charge in [0.25, 0.3) is 0 Å². The molecule has 0 N–H and O–H groups in total. The van der Waals surface area contributed by atoms with Gasteiger partial charge in [0.05, 0.1) is 0 Å². The molecule has 1 nitrogen and oxygen atoms in total. The van der Waals surface area contributed by atoms with E-state index in [1.807, 2.05) is 0 Å². The minimum atomic E-state index is -3.44. The van der Waals surface area contributed by atoms with Crippen LogP contribution in [0.5, 0.6) is 0 Å². The first-order valence-electron chi connectivity index (χ1n) is 29.5. The van der Waals surface area contributed by atoms with Gasteiger partial charge in [-0.1, -0.05) is 346 Å². The van der Waals surface area contributed by atoms with Crippen molar-refractivity contribution in [2.24, 2.45) is 0 Å². The van der Waals surface area contributed by atoms with Gasteiger partial charge in [-0.2, -0.15) is 0 Å². The predicted molar refractivity (Wildman–Crippen MR) is 373 cm³/mol. The molecular formula is C84H57OP. The molecule has 15 rings (SSSR count). The van der Waals surface area contributed by atoms with Crippen molar-refractivity contribution in [3.05, 3.63) is 343 Å². The Morgan fingerprint density at radius 2 is 0.372 bits per heavy atom. The summed E-state index contributed by atoms with van der Waals surface area (Å²) in [7, 11) is -3.44. The van der Waals surface area contributed by atoms with Crippen molar-refractivity contribution >= 4 is 124 Å². The van der Waals surface area contributed by atoms with E-state index in [-0.39, 0.29) is 0 Å². The molecule has 0 radical (unpaired) electrons. The molecule has 15 aromatic rings. The van der Waals surface area contributed by atoms with Gasteiger partial charge < -0.3 is 4.57 Å². The summed E-state index contributed by atoms with van der Waals surface area (Å²) in [5.41, 5.74) is 13.9. The molecule has 0 spiro atoms. The summed E-state index contributed by atoms with van der Waals surface area (Å²) in [6.45, 7) is 0. The van der Waals surface area contributed by atoms with Gasteiger partial charge in [-0.15, -0.1) is 0 Å². The number of fused-ring (bicyclic) bond motifs is 6. The highest BCUT2D eigenvalue weighted by atomic mass is 31.2. The fraction of sp³-hybridized carbons (Fsp3) is 0. The van der Waals surface area contributed by atoms with Gasteiger partial charge in [-0.05, 0) is 131 Å². The molecule has 15 aromatic carbocycles. The molecule has 0 bridgehead atoms. The van der Waals surface area contributed by atoms with Crippen LogP contribution in [0.1, 0.15) is 33.4 Å². The maximum Gasteiger partial charge on any atom is 0.171 e. The van der Waals surface area contributed by atoms with Gasteiger partial charge in [0, 0.05) is 15.9 Å². The Labute approximate surface area is 501 Å². The van der Waals surface area contributed by atoms with E-state index in [0.717, 1.165) is 32.6 Å². The molecule has 86 heavy (non-hydrogen) atoms.